The van der Waals surface area contributed by atoms with Crippen molar-refractivity contribution < 1.29 is 0 Å². The minimum absolute atomic E-state index is 0.822. The molecule has 0 bridgehead atoms. The van der Waals surface area contributed by atoms with Gasteiger partial charge in [0.05, 0.1) is 5.69 Å². The molecule has 2 rings (SSSR count). The second kappa shape index (κ2) is 3.95. The minimum Gasteiger partial charge on any atom is -0.398 e. The molecular weight excluding hydrogens is 291 g/mol. The molecule has 0 aliphatic rings. The first-order valence-electron chi connectivity index (χ1n) is 4.10. The molecular formula is C9H9IN4. The van der Waals surface area contributed by atoms with Gasteiger partial charge in [-0.2, -0.15) is 5.10 Å². The summed E-state index contributed by atoms with van der Waals surface area (Å²) in [5.74, 6) is 0. The zero-order valence-electron chi connectivity index (χ0n) is 7.39. The number of rotatable bonds is 2. The Morgan fingerprint density at radius 3 is 2.93 bits per heavy atom. The molecule has 0 saturated carbocycles. The highest BCUT2D eigenvalue weighted by molar-refractivity contribution is 14.1. The van der Waals surface area contributed by atoms with E-state index in [4.69, 9.17) is 5.73 Å². The van der Waals surface area contributed by atoms with Gasteiger partial charge in [0.2, 0.25) is 0 Å². The van der Waals surface area contributed by atoms with Gasteiger partial charge in [-0.15, -0.1) is 0 Å². The van der Waals surface area contributed by atoms with Gasteiger partial charge < -0.3 is 5.73 Å². The van der Waals surface area contributed by atoms with E-state index in [2.05, 4.69) is 32.7 Å². The second-order valence-electron chi connectivity index (χ2n) is 2.86. The Labute approximate surface area is 95.3 Å². The Kier molecular flexibility index (Phi) is 2.67. The lowest BCUT2D eigenvalue weighted by Gasteiger charge is -2.05. The zero-order chi connectivity index (χ0) is 9.97. The molecule has 0 aliphatic carbocycles. The summed E-state index contributed by atoms with van der Waals surface area (Å²) in [5, 5.41) is 4.05. The van der Waals surface area contributed by atoms with Crippen LogP contribution in [0.25, 0.3) is 5.69 Å². The average Bonchev–Trinajstić information content (AvgIpc) is 2.71. The number of benzene rings is 1. The van der Waals surface area contributed by atoms with Crippen LogP contribution >= 0.6 is 22.6 Å². The van der Waals surface area contributed by atoms with Crippen LogP contribution in [-0.2, 0) is 4.43 Å². The molecule has 72 valence electrons. The lowest BCUT2D eigenvalue weighted by Crippen LogP contribution is -1.98. The topological polar surface area (TPSA) is 56.7 Å². The van der Waals surface area contributed by atoms with E-state index >= 15 is 0 Å². The van der Waals surface area contributed by atoms with E-state index in [9.17, 15) is 0 Å². The van der Waals surface area contributed by atoms with Crippen molar-refractivity contribution in [2.45, 2.75) is 4.43 Å². The maximum absolute atomic E-state index is 5.80. The van der Waals surface area contributed by atoms with Crippen LogP contribution in [0.2, 0.25) is 0 Å². The van der Waals surface area contributed by atoms with Gasteiger partial charge in [0.25, 0.3) is 0 Å². The molecule has 0 atom stereocenters. The largest absolute Gasteiger partial charge is 0.398 e. The fraction of sp³-hybridized carbons (Fsp3) is 0.111. The molecule has 0 saturated heterocycles. The molecule has 5 heteroatoms. The SMILES string of the molecule is Nc1ccc(-n2cncn2)cc1CI. The molecule has 0 unspecified atom stereocenters. The van der Waals surface area contributed by atoms with Gasteiger partial charge in [0.15, 0.2) is 0 Å². The van der Waals surface area contributed by atoms with Crippen molar-refractivity contribution in [2.75, 3.05) is 5.73 Å². The van der Waals surface area contributed by atoms with Crippen molar-refractivity contribution in [3.8, 4) is 5.69 Å². The standard InChI is InChI=1S/C9H9IN4/c10-4-7-3-8(1-2-9(7)11)14-6-12-5-13-14/h1-3,5-6H,4,11H2. The molecule has 0 aliphatic heterocycles. The number of hydrogen-bond acceptors (Lipinski definition) is 3. The average molecular weight is 300 g/mol. The second-order valence-corrected chi connectivity index (χ2v) is 3.62. The summed E-state index contributed by atoms with van der Waals surface area (Å²) in [5.41, 5.74) is 8.74. The molecule has 2 aromatic rings. The molecule has 0 amide bonds. The fourth-order valence-electron chi connectivity index (χ4n) is 1.19. The Morgan fingerprint density at radius 2 is 2.29 bits per heavy atom. The minimum atomic E-state index is 0.822. The molecule has 1 aromatic heterocycles. The van der Waals surface area contributed by atoms with E-state index in [1.54, 1.807) is 11.0 Å². The summed E-state index contributed by atoms with van der Waals surface area (Å²) in [7, 11) is 0. The number of alkyl halides is 1. The molecule has 2 N–H and O–H groups in total. The van der Waals surface area contributed by atoms with E-state index in [0.29, 0.717) is 0 Å². The number of aromatic nitrogens is 3. The quantitative estimate of drug-likeness (QED) is 0.522. The predicted octanol–water partition coefficient (Wildman–Crippen LogP) is 1.78. The first-order chi connectivity index (χ1) is 6.81. The lowest BCUT2D eigenvalue weighted by molar-refractivity contribution is 0.878. The summed E-state index contributed by atoms with van der Waals surface area (Å²) in [6.45, 7) is 0. The maximum atomic E-state index is 5.80. The smallest absolute Gasteiger partial charge is 0.138 e. The number of nitrogens with two attached hydrogens (primary N) is 1. The van der Waals surface area contributed by atoms with E-state index in [1.165, 1.54) is 6.33 Å². The molecule has 0 radical (unpaired) electrons. The molecule has 14 heavy (non-hydrogen) atoms. The van der Waals surface area contributed by atoms with E-state index in [0.717, 1.165) is 21.4 Å². The molecule has 0 fully saturated rings. The van der Waals surface area contributed by atoms with Crippen LogP contribution in [-0.4, -0.2) is 14.8 Å². The summed E-state index contributed by atoms with van der Waals surface area (Å²) >= 11 is 2.29. The summed E-state index contributed by atoms with van der Waals surface area (Å²) in [6.07, 6.45) is 3.18. The van der Waals surface area contributed by atoms with Crippen LogP contribution in [0.1, 0.15) is 5.56 Å². The Hall–Kier alpha value is -1.11. The van der Waals surface area contributed by atoms with Crippen LogP contribution in [0.4, 0.5) is 5.69 Å². The highest BCUT2D eigenvalue weighted by Gasteiger charge is 2.01. The van der Waals surface area contributed by atoms with Gasteiger partial charge in [-0.05, 0) is 23.8 Å². The maximum Gasteiger partial charge on any atom is 0.138 e. The molecule has 1 aromatic carbocycles. The van der Waals surface area contributed by atoms with Crippen molar-refractivity contribution >= 4 is 28.3 Å². The van der Waals surface area contributed by atoms with Crippen molar-refractivity contribution in [3.05, 3.63) is 36.4 Å². The highest BCUT2D eigenvalue weighted by atomic mass is 127. The zero-order valence-corrected chi connectivity index (χ0v) is 9.55. The van der Waals surface area contributed by atoms with Gasteiger partial charge >= 0.3 is 0 Å². The summed E-state index contributed by atoms with van der Waals surface area (Å²) in [4.78, 5) is 3.90. The first-order valence-corrected chi connectivity index (χ1v) is 5.63. The number of nitrogens with zero attached hydrogens (tertiary/aromatic N) is 3. The number of anilines is 1. The van der Waals surface area contributed by atoms with Gasteiger partial charge in [-0.25, -0.2) is 9.67 Å². The third kappa shape index (κ3) is 1.72. The van der Waals surface area contributed by atoms with Crippen LogP contribution in [0, 0.1) is 0 Å². The summed E-state index contributed by atoms with van der Waals surface area (Å²) < 4.78 is 2.61. The lowest BCUT2D eigenvalue weighted by atomic mass is 10.2. The third-order valence-corrected chi connectivity index (χ3v) is 2.78. The van der Waals surface area contributed by atoms with Crippen molar-refractivity contribution in [1.29, 1.82) is 0 Å². The number of hydrogen-bond donors (Lipinski definition) is 1. The number of nitrogen functional groups attached to an aromatic ring is 1. The van der Waals surface area contributed by atoms with Gasteiger partial charge in [-0.1, -0.05) is 22.6 Å². The Morgan fingerprint density at radius 1 is 1.43 bits per heavy atom. The summed E-state index contributed by atoms with van der Waals surface area (Å²) in [6, 6.07) is 5.85. The van der Waals surface area contributed by atoms with Gasteiger partial charge in [-0.3, -0.25) is 0 Å². The van der Waals surface area contributed by atoms with Gasteiger partial charge in [0.1, 0.15) is 12.7 Å². The van der Waals surface area contributed by atoms with E-state index in [-0.39, 0.29) is 0 Å². The van der Waals surface area contributed by atoms with Gasteiger partial charge in [0, 0.05) is 10.1 Å². The van der Waals surface area contributed by atoms with Crippen LogP contribution in [0.3, 0.4) is 0 Å². The molecule has 4 nitrogen and oxygen atoms in total. The first kappa shape index (κ1) is 9.45. The van der Waals surface area contributed by atoms with E-state index in [1.807, 2.05) is 18.2 Å². The van der Waals surface area contributed by atoms with Crippen LogP contribution in [0.5, 0.6) is 0 Å². The number of halogens is 1. The Balaban J connectivity index is 2.46. The van der Waals surface area contributed by atoms with Crippen LogP contribution in [0.15, 0.2) is 30.9 Å². The van der Waals surface area contributed by atoms with Crippen molar-refractivity contribution in [2.24, 2.45) is 0 Å². The third-order valence-electron chi connectivity index (χ3n) is 1.95. The predicted molar refractivity (Wildman–Crippen MR) is 63.5 cm³/mol. The fourth-order valence-corrected chi connectivity index (χ4v) is 1.85. The van der Waals surface area contributed by atoms with E-state index < -0.39 is 0 Å². The van der Waals surface area contributed by atoms with Crippen molar-refractivity contribution in [1.82, 2.24) is 14.8 Å². The van der Waals surface area contributed by atoms with Crippen molar-refractivity contribution in [3.63, 3.8) is 0 Å². The normalized spacial score (nSPS) is 10.4. The highest BCUT2D eigenvalue weighted by Crippen LogP contribution is 2.18. The Bertz CT molecular complexity index is 424. The van der Waals surface area contributed by atoms with Crippen LogP contribution < -0.4 is 5.73 Å². The molecule has 1 heterocycles. The monoisotopic (exact) mass is 300 g/mol. The molecule has 0 spiro atoms.